The highest BCUT2D eigenvalue weighted by atomic mass is 35.5. The Morgan fingerprint density at radius 1 is 1.29 bits per heavy atom. The van der Waals surface area contributed by atoms with Gasteiger partial charge < -0.3 is 15.2 Å². The molecule has 0 saturated carbocycles. The van der Waals surface area contributed by atoms with E-state index in [1.807, 2.05) is 18.2 Å². The first-order chi connectivity index (χ1) is 7.74. The van der Waals surface area contributed by atoms with Crippen LogP contribution in [0, 0.1) is 17.2 Å². The summed E-state index contributed by atoms with van der Waals surface area (Å²) in [5, 5.41) is 8.83. The van der Waals surface area contributed by atoms with Gasteiger partial charge in [-0.1, -0.05) is 6.07 Å². The highest BCUT2D eigenvalue weighted by molar-refractivity contribution is 5.85. The van der Waals surface area contributed by atoms with Crippen molar-refractivity contribution in [3.05, 3.63) is 23.8 Å². The van der Waals surface area contributed by atoms with E-state index >= 15 is 0 Å². The van der Waals surface area contributed by atoms with Gasteiger partial charge in [0.05, 0.1) is 26.2 Å². The summed E-state index contributed by atoms with van der Waals surface area (Å²) in [7, 11) is 3.18. The number of nitriles is 1. The molecular formula is C12H17ClN2O2. The average molecular weight is 257 g/mol. The Kier molecular flexibility index (Phi) is 7.11. The van der Waals surface area contributed by atoms with Crippen molar-refractivity contribution in [1.29, 1.82) is 5.26 Å². The lowest BCUT2D eigenvalue weighted by Gasteiger charge is -2.11. The van der Waals surface area contributed by atoms with E-state index in [9.17, 15) is 0 Å². The first-order valence-electron chi connectivity index (χ1n) is 5.05. The van der Waals surface area contributed by atoms with Gasteiger partial charge in [-0.25, -0.2) is 0 Å². The molecule has 0 fully saturated rings. The van der Waals surface area contributed by atoms with Gasteiger partial charge in [0, 0.05) is 6.54 Å². The number of ether oxygens (including phenoxy) is 2. The molecule has 1 aromatic rings. The normalized spacial score (nSPS) is 10.9. The fourth-order valence-electron chi connectivity index (χ4n) is 1.47. The quantitative estimate of drug-likeness (QED) is 0.872. The Morgan fingerprint density at radius 3 is 2.41 bits per heavy atom. The van der Waals surface area contributed by atoms with E-state index in [0.29, 0.717) is 24.5 Å². The molecule has 0 heterocycles. The third-order valence-corrected chi connectivity index (χ3v) is 2.40. The molecule has 1 atom stereocenters. The Labute approximate surface area is 108 Å². The Morgan fingerprint density at radius 2 is 1.94 bits per heavy atom. The summed E-state index contributed by atoms with van der Waals surface area (Å²) in [6, 6.07) is 7.79. The molecule has 0 saturated heterocycles. The van der Waals surface area contributed by atoms with Crippen molar-refractivity contribution in [3.63, 3.8) is 0 Å². The molecule has 1 unspecified atom stereocenters. The van der Waals surface area contributed by atoms with E-state index in [0.717, 1.165) is 5.56 Å². The van der Waals surface area contributed by atoms with E-state index in [1.54, 1.807) is 14.2 Å². The molecule has 0 spiro atoms. The highest BCUT2D eigenvalue weighted by Crippen LogP contribution is 2.28. The Hall–Kier alpha value is -1.44. The molecule has 0 aliphatic rings. The zero-order valence-corrected chi connectivity index (χ0v) is 10.8. The number of rotatable bonds is 5. The SMILES string of the molecule is COc1ccc(CC(C#N)CN)cc1OC.Cl. The number of hydrogen-bond acceptors (Lipinski definition) is 4. The van der Waals surface area contributed by atoms with E-state index in [1.165, 1.54) is 0 Å². The third-order valence-electron chi connectivity index (χ3n) is 2.40. The van der Waals surface area contributed by atoms with E-state index < -0.39 is 0 Å². The molecule has 0 bridgehead atoms. The van der Waals surface area contributed by atoms with Crippen LogP contribution in [0.4, 0.5) is 0 Å². The van der Waals surface area contributed by atoms with E-state index in [-0.39, 0.29) is 18.3 Å². The second-order valence-corrected chi connectivity index (χ2v) is 3.46. The highest BCUT2D eigenvalue weighted by Gasteiger charge is 2.09. The van der Waals surface area contributed by atoms with Gasteiger partial charge in [-0.05, 0) is 24.1 Å². The lowest BCUT2D eigenvalue weighted by Crippen LogP contribution is -2.14. The van der Waals surface area contributed by atoms with Gasteiger partial charge in [0.15, 0.2) is 11.5 Å². The molecule has 0 amide bonds. The minimum atomic E-state index is -0.155. The molecule has 1 aromatic carbocycles. The molecule has 0 aliphatic heterocycles. The van der Waals surface area contributed by atoms with Gasteiger partial charge >= 0.3 is 0 Å². The largest absolute Gasteiger partial charge is 0.493 e. The second kappa shape index (κ2) is 7.77. The molecule has 2 N–H and O–H groups in total. The zero-order chi connectivity index (χ0) is 12.0. The van der Waals surface area contributed by atoms with Crippen molar-refractivity contribution in [2.75, 3.05) is 20.8 Å². The van der Waals surface area contributed by atoms with Crippen molar-refractivity contribution >= 4 is 12.4 Å². The van der Waals surface area contributed by atoms with Crippen molar-refractivity contribution in [1.82, 2.24) is 0 Å². The number of nitrogens with two attached hydrogens (primary N) is 1. The average Bonchev–Trinajstić information content (AvgIpc) is 2.35. The predicted molar refractivity (Wildman–Crippen MR) is 68.7 cm³/mol. The van der Waals surface area contributed by atoms with Crippen LogP contribution in [0.2, 0.25) is 0 Å². The van der Waals surface area contributed by atoms with Crippen molar-refractivity contribution in [3.8, 4) is 17.6 Å². The molecule has 17 heavy (non-hydrogen) atoms. The van der Waals surface area contributed by atoms with E-state index in [2.05, 4.69) is 6.07 Å². The van der Waals surface area contributed by atoms with Crippen LogP contribution in [0.3, 0.4) is 0 Å². The molecule has 4 nitrogen and oxygen atoms in total. The summed E-state index contributed by atoms with van der Waals surface area (Å²) >= 11 is 0. The van der Waals surface area contributed by atoms with Crippen LogP contribution >= 0.6 is 12.4 Å². The van der Waals surface area contributed by atoms with Crippen LogP contribution in [0.5, 0.6) is 11.5 Å². The van der Waals surface area contributed by atoms with Crippen LogP contribution in [0.15, 0.2) is 18.2 Å². The van der Waals surface area contributed by atoms with Gasteiger partial charge in [0.1, 0.15) is 0 Å². The van der Waals surface area contributed by atoms with Crippen LogP contribution in [-0.2, 0) is 6.42 Å². The molecule has 0 radical (unpaired) electrons. The summed E-state index contributed by atoms with van der Waals surface area (Å²) in [5.41, 5.74) is 6.50. The fourth-order valence-corrected chi connectivity index (χ4v) is 1.47. The maximum absolute atomic E-state index is 8.83. The summed E-state index contributed by atoms with van der Waals surface area (Å²) in [5.74, 6) is 1.21. The first kappa shape index (κ1) is 15.6. The molecule has 0 aromatic heterocycles. The van der Waals surface area contributed by atoms with Crippen molar-refractivity contribution in [2.24, 2.45) is 11.7 Å². The van der Waals surface area contributed by atoms with Crippen LogP contribution < -0.4 is 15.2 Å². The van der Waals surface area contributed by atoms with Gasteiger partial charge in [-0.3, -0.25) is 0 Å². The lowest BCUT2D eigenvalue weighted by atomic mass is 10.0. The molecule has 1 rings (SSSR count). The summed E-state index contributed by atoms with van der Waals surface area (Å²) in [6.07, 6.45) is 0.632. The molecular weight excluding hydrogens is 240 g/mol. The minimum Gasteiger partial charge on any atom is -0.493 e. The third kappa shape index (κ3) is 4.14. The molecule has 0 aliphatic carbocycles. The van der Waals surface area contributed by atoms with Gasteiger partial charge in [-0.15, -0.1) is 12.4 Å². The number of halogens is 1. The maximum atomic E-state index is 8.83. The molecule has 5 heteroatoms. The number of nitrogens with zero attached hydrogens (tertiary/aromatic N) is 1. The van der Waals surface area contributed by atoms with Crippen molar-refractivity contribution in [2.45, 2.75) is 6.42 Å². The number of hydrogen-bond donors (Lipinski definition) is 1. The van der Waals surface area contributed by atoms with Crippen LogP contribution in [0.25, 0.3) is 0 Å². The number of benzene rings is 1. The summed E-state index contributed by atoms with van der Waals surface area (Å²) in [4.78, 5) is 0. The Balaban J connectivity index is 0.00000256. The zero-order valence-electron chi connectivity index (χ0n) is 9.97. The molecule has 94 valence electrons. The van der Waals surface area contributed by atoms with Crippen LogP contribution in [-0.4, -0.2) is 20.8 Å². The summed E-state index contributed by atoms with van der Waals surface area (Å²) in [6.45, 7) is 0.366. The number of methoxy groups -OCH3 is 2. The van der Waals surface area contributed by atoms with E-state index in [4.69, 9.17) is 20.5 Å². The second-order valence-electron chi connectivity index (χ2n) is 3.46. The van der Waals surface area contributed by atoms with Gasteiger partial charge in [0.2, 0.25) is 0 Å². The standard InChI is InChI=1S/C12H16N2O2.ClH/c1-15-11-4-3-9(6-12(11)16-2)5-10(7-13)8-14;/h3-4,6,10H,5,7,13H2,1-2H3;1H. The maximum Gasteiger partial charge on any atom is 0.160 e. The van der Waals surface area contributed by atoms with Gasteiger partial charge in [-0.2, -0.15) is 5.26 Å². The van der Waals surface area contributed by atoms with Gasteiger partial charge in [0.25, 0.3) is 0 Å². The monoisotopic (exact) mass is 256 g/mol. The minimum absolute atomic E-state index is 0. The predicted octanol–water partition coefficient (Wildman–Crippen LogP) is 1.77. The fraction of sp³-hybridized carbons (Fsp3) is 0.417. The van der Waals surface area contributed by atoms with Crippen molar-refractivity contribution < 1.29 is 9.47 Å². The Bertz CT molecular complexity index is 391. The topological polar surface area (TPSA) is 68.3 Å². The van der Waals surface area contributed by atoms with Crippen LogP contribution in [0.1, 0.15) is 5.56 Å². The summed E-state index contributed by atoms with van der Waals surface area (Å²) < 4.78 is 10.3. The first-order valence-corrected chi connectivity index (χ1v) is 5.05. The lowest BCUT2D eigenvalue weighted by molar-refractivity contribution is 0.354. The smallest absolute Gasteiger partial charge is 0.160 e.